The largest absolute Gasteiger partial charge is 0.492 e. The van der Waals surface area contributed by atoms with E-state index >= 15 is 0 Å². The number of nitrogen functional groups attached to an aromatic ring is 1. The molecule has 0 saturated heterocycles. The molecule has 1 fully saturated rings. The molecule has 13 nitrogen and oxygen atoms in total. The highest BCUT2D eigenvalue weighted by Crippen LogP contribution is 2.33. The van der Waals surface area contributed by atoms with E-state index < -0.39 is 41.9 Å². The SMILES string of the molecule is CC(C)(C)OC(=O)NCCOc1ccc(C(=O)N[C@@H]2C[C@H](O)[C@@H](n3cnc4c(N)ncnc43)[C@@H]2O)cc1. The highest BCUT2D eigenvalue weighted by molar-refractivity contribution is 5.94. The zero-order valence-corrected chi connectivity index (χ0v) is 20.8. The molecule has 1 aromatic carbocycles. The maximum Gasteiger partial charge on any atom is 0.407 e. The van der Waals surface area contributed by atoms with Crippen molar-refractivity contribution in [2.75, 3.05) is 18.9 Å². The number of aliphatic hydroxyl groups is 2. The molecule has 4 rings (SSSR count). The number of nitrogens with one attached hydrogen (secondary N) is 2. The first-order valence-corrected chi connectivity index (χ1v) is 11.8. The van der Waals surface area contributed by atoms with Crippen molar-refractivity contribution < 1.29 is 29.3 Å². The Morgan fingerprint density at radius 2 is 1.89 bits per heavy atom. The fourth-order valence-electron chi connectivity index (χ4n) is 4.18. The Hall–Kier alpha value is -3.97. The number of hydrogen-bond donors (Lipinski definition) is 5. The molecule has 0 unspecified atom stereocenters. The van der Waals surface area contributed by atoms with Gasteiger partial charge in [0.1, 0.15) is 29.8 Å². The number of rotatable bonds is 7. The number of amides is 2. The Morgan fingerprint density at radius 3 is 2.59 bits per heavy atom. The molecule has 3 aromatic rings. The summed E-state index contributed by atoms with van der Waals surface area (Å²) in [5.41, 5.74) is 6.37. The molecule has 0 spiro atoms. The quantitative estimate of drug-likeness (QED) is 0.283. The molecule has 2 amide bonds. The number of nitrogens with zero attached hydrogens (tertiary/aromatic N) is 4. The van der Waals surface area contributed by atoms with E-state index in [9.17, 15) is 19.8 Å². The van der Waals surface area contributed by atoms with Crippen LogP contribution in [0.25, 0.3) is 11.2 Å². The lowest BCUT2D eigenvalue weighted by atomic mass is 10.1. The smallest absolute Gasteiger partial charge is 0.407 e. The number of nitrogens with two attached hydrogens (primary N) is 1. The van der Waals surface area contributed by atoms with Crippen LogP contribution in [-0.4, -0.2) is 78.7 Å². The van der Waals surface area contributed by atoms with Gasteiger partial charge in [-0.15, -0.1) is 0 Å². The predicted octanol–water partition coefficient (Wildman–Crippen LogP) is 0.777. The van der Waals surface area contributed by atoms with Gasteiger partial charge in [-0.1, -0.05) is 0 Å². The number of benzene rings is 1. The van der Waals surface area contributed by atoms with E-state index in [1.54, 1.807) is 49.6 Å². The number of fused-ring (bicyclic) bond motifs is 1. The Bertz CT molecular complexity index is 1260. The van der Waals surface area contributed by atoms with Gasteiger partial charge in [-0.2, -0.15) is 0 Å². The number of aliphatic hydroxyl groups excluding tert-OH is 2. The molecule has 1 aliphatic carbocycles. The zero-order chi connectivity index (χ0) is 26.7. The summed E-state index contributed by atoms with van der Waals surface area (Å²) in [5, 5.41) is 27.0. The molecular weight excluding hydrogens is 482 g/mol. The average molecular weight is 514 g/mol. The first-order chi connectivity index (χ1) is 17.5. The number of alkyl carbamates (subject to hydrolysis) is 1. The second-order valence-electron chi connectivity index (χ2n) is 9.75. The van der Waals surface area contributed by atoms with Gasteiger partial charge >= 0.3 is 6.09 Å². The topological polar surface area (TPSA) is 187 Å². The summed E-state index contributed by atoms with van der Waals surface area (Å²) < 4.78 is 12.3. The minimum absolute atomic E-state index is 0.143. The van der Waals surface area contributed by atoms with Gasteiger partial charge in [0, 0.05) is 5.56 Å². The highest BCUT2D eigenvalue weighted by atomic mass is 16.6. The van der Waals surface area contributed by atoms with Crippen LogP contribution in [0.3, 0.4) is 0 Å². The Balaban J connectivity index is 1.31. The summed E-state index contributed by atoms with van der Waals surface area (Å²) in [5.74, 6) is 0.312. The van der Waals surface area contributed by atoms with E-state index in [0.29, 0.717) is 22.5 Å². The fraction of sp³-hybridized carbons (Fsp3) is 0.458. The van der Waals surface area contributed by atoms with Crippen LogP contribution >= 0.6 is 0 Å². The van der Waals surface area contributed by atoms with E-state index in [0.717, 1.165) is 0 Å². The average Bonchev–Trinajstić information content (AvgIpc) is 3.37. The molecule has 0 bridgehead atoms. The van der Waals surface area contributed by atoms with Gasteiger partial charge in [0.25, 0.3) is 5.91 Å². The van der Waals surface area contributed by atoms with Gasteiger partial charge in [-0.3, -0.25) is 4.79 Å². The molecule has 1 saturated carbocycles. The lowest BCUT2D eigenvalue weighted by Gasteiger charge is -2.22. The molecule has 13 heteroatoms. The van der Waals surface area contributed by atoms with E-state index in [2.05, 4.69) is 25.6 Å². The first kappa shape index (κ1) is 26.1. The summed E-state index contributed by atoms with van der Waals surface area (Å²) >= 11 is 0. The van der Waals surface area contributed by atoms with Crippen LogP contribution in [0, 0.1) is 0 Å². The van der Waals surface area contributed by atoms with Gasteiger partial charge in [0.15, 0.2) is 11.5 Å². The fourth-order valence-corrected chi connectivity index (χ4v) is 4.18. The van der Waals surface area contributed by atoms with Crippen LogP contribution in [0.1, 0.15) is 43.6 Å². The molecule has 37 heavy (non-hydrogen) atoms. The number of carbonyl (C=O) groups excluding carboxylic acids is 2. The minimum Gasteiger partial charge on any atom is -0.492 e. The molecule has 2 aromatic heterocycles. The second-order valence-corrected chi connectivity index (χ2v) is 9.75. The molecule has 4 atom stereocenters. The molecule has 0 aliphatic heterocycles. The van der Waals surface area contributed by atoms with Crippen LogP contribution in [0.4, 0.5) is 10.6 Å². The van der Waals surface area contributed by atoms with Crippen molar-refractivity contribution in [2.45, 2.75) is 57.1 Å². The lowest BCUT2D eigenvalue weighted by Crippen LogP contribution is -2.42. The molecular formula is C24H31N7O6. The summed E-state index contributed by atoms with van der Waals surface area (Å²) in [4.78, 5) is 36.7. The molecule has 198 valence electrons. The van der Waals surface area contributed by atoms with Crippen molar-refractivity contribution in [3.63, 3.8) is 0 Å². The van der Waals surface area contributed by atoms with Gasteiger partial charge < -0.3 is 40.6 Å². The van der Waals surface area contributed by atoms with Crippen molar-refractivity contribution in [1.82, 2.24) is 30.2 Å². The molecule has 2 heterocycles. The Kier molecular flexibility index (Phi) is 7.45. The van der Waals surface area contributed by atoms with E-state index in [4.69, 9.17) is 15.2 Å². The summed E-state index contributed by atoms with van der Waals surface area (Å²) in [6.07, 6.45) is 0.311. The summed E-state index contributed by atoms with van der Waals surface area (Å²) in [7, 11) is 0. The second kappa shape index (κ2) is 10.6. The number of anilines is 1. The van der Waals surface area contributed by atoms with Gasteiger partial charge in [0.05, 0.1) is 37.2 Å². The van der Waals surface area contributed by atoms with Crippen molar-refractivity contribution in [1.29, 1.82) is 0 Å². The van der Waals surface area contributed by atoms with Gasteiger partial charge in [-0.25, -0.2) is 19.7 Å². The van der Waals surface area contributed by atoms with Crippen molar-refractivity contribution in [3.05, 3.63) is 42.5 Å². The first-order valence-electron chi connectivity index (χ1n) is 11.8. The predicted molar refractivity (Wildman–Crippen MR) is 133 cm³/mol. The van der Waals surface area contributed by atoms with Gasteiger partial charge in [-0.05, 0) is 51.5 Å². The molecule has 1 aliphatic rings. The van der Waals surface area contributed by atoms with Crippen LogP contribution in [0.5, 0.6) is 5.75 Å². The standard InChI is InChI=1S/C24H31N7O6/c1-24(2,3)37-23(35)26-8-9-36-14-6-4-13(5-7-14)22(34)30-15-10-16(32)18(19(15)33)31-12-29-17-20(25)27-11-28-21(17)31/h4-7,11-12,15-16,18-19,32-33H,8-10H2,1-3H3,(H,26,35)(H,30,34)(H2,25,27,28)/t15-,16+,18-,19-/m1/s1. The summed E-state index contributed by atoms with van der Waals surface area (Å²) in [6, 6.07) is 4.97. The third-order valence-electron chi connectivity index (χ3n) is 5.83. The Morgan fingerprint density at radius 1 is 1.16 bits per heavy atom. The minimum atomic E-state index is -1.09. The van der Waals surface area contributed by atoms with Crippen LogP contribution in [-0.2, 0) is 4.74 Å². The Labute approximate surface area is 213 Å². The maximum atomic E-state index is 12.8. The van der Waals surface area contributed by atoms with Crippen molar-refractivity contribution in [2.24, 2.45) is 0 Å². The molecule has 0 radical (unpaired) electrons. The van der Waals surface area contributed by atoms with Crippen LogP contribution < -0.4 is 21.1 Å². The third kappa shape index (κ3) is 6.06. The number of aromatic nitrogens is 4. The van der Waals surface area contributed by atoms with Crippen molar-refractivity contribution in [3.8, 4) is 5.75 Å². The van der Waals surface area contributed by atoms with Crippen molar-refractivity contribution >= 4 is 29.0 Å². The normalized spacial score (nSPS) is 21.5. The third-order valence-corrected chi connectivity index (χ3v) is 5.83. The van der Waals surface area contributed by atoms with Crippen LogP contribution in [0.2, 0.25) is 0 Å². The van der Waals surface area contributed by atoms with E-state index in [1.165, 1.54) is 12.7 Å². The maximum absolute atomic E-state index is 12.8. The van der Waals surface area contributed by atoms with E-state index in [-0.39, 0.29) is 25.4 Å². The number of imidazole rings is 1. The summed E-state index contributed by atoms with van der Waals surface area (Å²) in [6.45, 7) is 5.81. The monoisotopic (exact) mass is 513 g/mol. The zero-order valence-electron chi connectivity index (χ0n) is 20.8. The van der Waals surface area contributed by atoms with Gasteiger partial charge in [0.2, 0.25) is 0 Å². The number of carbonyl (C=O) groups is 2. The van der Waals surface area contributed by atoms with E-state index in [1.807, 2.05) is 0 Å². The number of hydrogen-bond acceptors (Lipinski definition) is 10. The molecule has 6 N–H and O–H groups in total. The van der Waals surface area contributed by atoms with Crippen LogP contribution in [0.15, 0.2) is 36.9 Å². The lowest BCUT2D eigenvalue weighted by molar-refractivity contribution is 0.0520. The highest BCUT2D eigenvalue weighted by Gasteiger charge is 2.44. The number of ether oxygens (including phenoxy) is 2.